The Balaban J connectivity index is 1.92. The van der Waals surface area contributed by atoms with E-state index in [-0.39, 0.29) is 5.41 Å². The lowest BCUT2D eigenvalue weighted by Gasteiger charge is -2.33. The van der Waals surface area contributed by atoms with Gasteiger partial charge in [-0.2, -0.15) is 4.98 Å². The molecule has 1 N–H and O–H groups in total. The van der Waals surface area contributed by atoms with Crippen LogP contribution in [-0.2, 0) is 5.41 Å². The summed E-state index contributed by atoms with van der Waals surface area (Å²) >= 11 is 0. The van der Waals surface area contributed by atoms with Crippen LogP contribution in [0.2, 0.25) is 0 Å². The van der Waals surface area contributed by atoms with Crippen molar-refractivity contribution in [3.05, 3.63) is 36.2 Å². The van der Waals surface area contributed by atoms with Crippen LogP contribution in [0.5, 0.6) is 0 Å². The van der Waals surface area contributed by atoms with Crippen LogP contribution in [0.25, 0.3) is 11.4 Å². The Bertz CT molecular complexity index is 529. The first kappa shape index (κ1) is 12.4. The Morgan fingerprint density at radius 1 is 1.21 bits per heavy atom. The van der Waals surface area contributed by atoms with Crippen molar-refractivity contribution in [3.8, 4) is 11.4 Å². The summed E-state index contributed by atoms with van der Waals surface area (Å²) in [7, 11) is 0. The molecule has 1 saturated heterocycles. The Hall–Kier alpha value is -1.68. The van der Waals surface area contributed by atoms with E-state index in [9.17, 15) is 0 Å². The van der Waals surface area contributed by atoms with Crippen molar-refractivity contribution in [1.29, 1.82) is 0 Å². The van der Waals surface area contributed by atoms with Crippen LogP contribution in [0, 0.1) is 0 Å². The first-order chi connectivity index (χ1) is 9.34. The highest BCUT2D eigenvalue weighted by Gasteiger charge is 2.37. The lowest BCUT2D eigenvalue weighted by molar-refractivity contribution is 0.216. The fourth-order valence-electron chi connectivity index (χ4n) is 2.77. The zero-order valence-corrected chi connectivity index (χ0v) is 11.2. The molecule has 1 fully saturated rings. The second-order valence-corrected chi connectivity index (χ2v) is 5.17. The third kappa shape index (κ3) is 2.28. The predicted octanol–water partition coefficient (Wildman–Crippen LogP) is 2.77. The van der Waals surface area contributed by atoms with Gasteiger partial charge in [0.05, 0.1) is 5.41 Å². The number of aromatic nitrogens is 2. The quantitative estimate of drug-likeness (QED) is 0.918. The predicted molar refractivity (Wildman–Crippen MR) is 73.8 cm³/mol. The fraction of sp³-hybridized carbons (Fsp3) is 0.467. The van der Waals surface area contributed by atoms with Gasteiger partial charge in [-0.25, -0.2) is 0 Å². The molecule has 0 spiro atoms. The molecule has 1 aromatic carbocycles. The largest absolute Gasteiger partial charge is 0.338 e. The molecular formula is C15H19N3O. The van der Waals surface area contributed by atoms with Crippen molar-refractivity contribution < 1.29 is 4.52 Å². The second kappa shape index (κ2) is 5.13. The highest BCUT2D eigenvalue weighted by atomic mass is 16.5. The molecule has 2 aromatic rings. The molecule has 4 heteroatoms. The minimum Gasteiger partial charge on any atom is -0.338 e. The number of piperidine rings is 1. The number of nitrogens with zero attached hydrogens (tertiary/aromatic N) is 2. The van der Waals surface area contributed by atoms with Gasteiger partial charge in [-0.1, -0.05) is 42.4 Å². The van der Waals surface area contributed by atoms with Gasteiger partial charge in [-0.3, -0.25) is 0 Å². The van der Waals surface area contributed by atoms with E-state index in [0.717, 1.165) is 43.8 Å². The van der Waals surface area contributed by atoms with Crippen molar-refractivity contribution in [3.63, 3.8) is 0 Å². The van der Waals surface area contributed by atoms with Crippen LogP contribution in [0.15, 0.2) is 34.9 Å². The third-order valence-electron chi connectivity index (χ3n) is 4.15. The Kier molecular flexibility index (Phi) is 3.34. The van der Waals surface area contributed by atoms with Crippen molar-refractivity contribution in [2.45, 2.75) is 31.6 Å². The Morgan fingerprint density at radius 3 is 2.63 bits per heavy atom. The highest BCUT2D eigenvalue weighted by Crippen LogP contribution is 2.36. The average molecular weight is 257 g/mol. The normalized spacial score (nSPS) is 18.4. The molecule has 0 unspecified atom stereocenters. The summed E-state index contributed by atoms with van der Waals surface area (Å²) in [4.78, 5) is 4.64. The van der Waals surface area contributed by atoms with E-state index in [0.29, 0.717) is 5.82 Å². The zero-order valence-electron chi connectivity index (χ0n) is 11.2. The summed E-state index contributed by atoms with van der Waals surface area (Å²) in [6.45, 7) is 4.26. The summed E-state index contributed by atoms with van der Waals surface area (Å²) in [5.74, 6) is 1.50. The van der Waals surface area contributed by atoms with Gasteiger partial charge in [0.1, 0.15) is 0 Å². The maximum Gasteiger partial charge on any atom is 0.233 e. The average Bonchev–Trinajstić information content (AvgIpc) is 2.99. The summed E-state index contributed by atoms with van der Waals surface area (Å²) in [6, 6.07) is 9.99. The number of hydrogen-bond donors (Lipinski definition) is 1. The lowest BCUT2D eigenvalue weighted by Crippen LogP contribution is -2.39. The van der Waals surface area contributed by atoms with Crippen molar-refractivity contribution in [2.24, 2.45) is 0 Å². The Labute approximate surface area is 113 Å². The topological polar surface area (TPSA) is 51.0 Å². The standard InChI is InChI=1S/C15H19N3O/c1-2-15(8-10-16-11-9-15)14-17-13(18-19-14)12-6-4-3-5-7-12/h3-7,16H,2,8-11H2,1H3. The minimum atomic E-state index is 0.0608. The highest BCUT2D eigenvalue weighted by molar-refractivity contribution is 5.53. The molecule has 2 heterocycles. The van der Waals surface area contributed by atoms with Crippen LogP contribution in [0.3, 0.4) is 0 Å². The molecule has 0 atom stereocenters. The van der Waals surface area contributed by atoms with E-state index in [1.54, 1.807) is 0 Å². The molecule has 4 nitrogen and oxygen atoms in total. The van der Waals surface area contributed by atoms with Crippen LogP contribution in [-0.4, -0.2) is 23.2 Å². The summed E-state index contributed by atoms with van der Waals surface area (Å²) < 4.78 is 5.56. The molecule has 100 valence electrons. The molecule has 19 heavy (non-hydrogen) atoms. The molecule has 0 saturated carbocycles. The number of hydrogen-bond acceptors (Lipinski definition) is 4. The Morgan fingerprint density at radius 2 is 1.95 bits per heavy atom. The first-order valence-electron chi connectivity index (χ1n) is 6.94. The number of benzene rings is 1. The van der Waals surface area contributed by atoms with E-state index >= 15 is 0 Å². The minimum absolute atomic E-state index is 0.0608. The van der Waals surface area contributed by atoms with Crippen molar-refractivity contribution in [2.75, 3.05) is 13.1 Å². The van der Waals surface area contributed by atoms with E-state index in [2.05, 4.69) is 22.4 Å². The smallest absolute Gasteiger partial charge is 0.233 e. The lowest BCUT2D eigenvalue weighted by atomic mass is 9.76. The van der Waals surface area contributed by atoms with Crippen LogP contribution in [0.1, 0.15) is 32.1 Å². The zero-order chi connectivity index (χ0) is 13.1. The van der Waals surface area contributed by atoms with Gasteiger partial charge in [0.2, 0.25) is 11.7 Å². The van der Waals surface area contributed by atoms with E-state index in [1.807, 2.05) is 30.3 Å². The summed E-state index contributed by atoms with van der Waals surface area (Å²) in [6.07, 6.45) is 3.19. The second-order valence-electron chi connectivity index (χ2n) is 5.17. The molecule has 0 aliphatic carbocycles. The maximum absolute atomic E-state index is 5.56. The van der Waals surface area contributed by atoms with Gasteiger partial charge in [-0.15, -0.1) is 0 Å². The van der Waals surface area contributed by atoms with Crippen molar-refractivity contribution >= 4 is 0 Å². The van der Waals surface area contributed by atoms with Crippen LogP contribution >= 0.6 is 0 Å². The molecule has 1 aliphatic rings. The van der Waals surface area contributed by atoms with Crippen LogP contribution < -0.4 is 5.32 Å². The fourth-order valence-corrected chi connectivity index (χ4v) is 2.77. The van der Waals surface area contributed by atoms with E-state index < -0.39 is 0 Å². The number of nitrogens with one attached hydrogen (secondary N) is 1. The molecule has 1 aromatic heterocycles. The van der Waals surface area contributed by atoms with E-state index in [1.165, 1.54) is 0 Å². The van der Waals surface area contributed by atoms with Gasteiger partial charge < -0.3 is 9.84 Å². The van der Waals surface area contributed by atoms with Gasteiger partial charge in [0, 0.05) is 5.56 Å². The molecule has 0 bridgehead atoms. The summed E-state index contributed by atoms with van der Waals surface area (Å²) in [5, 5.41) is 7.54. The molecule has 3 rings (SSSR count). The third-order valence-corrected chi connectivity index (χ3v) is 4.15. The monoisotopic (exact) mass is 257 g/mol. The molecule has 0 amide bonds. The SMILES string of the molecule is CCC1(c2nc(-c3ccccc3)no2)CCNCC1. The van der Waals surface area contributed by atoms with Crippen LogP contribution in [0.4, 0.5) is 0 Å². The first-order valence-corrected chi connectivity index (χ1v) is 6.94. The van der Waals surface area contributed by atoms with E-state index in [4.69, 9.17) is 4.52 Å². The molecule has 1 aliphatic heterocycles. The van der Waals surface area contributed by atoms with Gasteiger partial charge in [0.15, 0.2) is 0 Å². The van der Waals surface area contributed by atoms with Gasteiger partial charge in [-0.05, 0) is 32.4 Å². The molecular weight excluding hydrogens is 238 g/mol. The number of rotatable bonds is 3. The van der Waals surface area contributed by atoms with Gasteiger partial charge in [0.25, 0.3) is 0 Å². The summed E-state index contributed by atoms with van der Waals surface area (Å²) in [5.41, 5.74) is 1.07. The molecule has 0 radical (unpaired) electrons. The maximum atomic E-state index is 5.56. The van der Waals surface area contributed by atoms with Crippen molar-refractivity contribution in [1.82, 2.24) is 15.5 Å². The van der Waals surface area contributed by atoms with Gasteiger partial charge >= 0.3 is 0 Å².